The third-order valence-corrected chi connectivity index (χ3v) is 4.30. The minimum atomic E-state index is -1.07. The van der Waals surface area contributed by atoms with Crippen molar-refractivity contribution in [1.29, 1.82) is 0 Å². The predicted molar refractivity (Wildman–Crippen MR) is 86.8 cm³/mol. The molecule has 1 aliphatic carbocycles. The topological polar surface area (TPSA) is 92.4 Å². The van der Waals surface area contributed by atoms with E-state index in [9.17, 15) is 14.7 Å². The predicted octanol–water partition coefficient (Wildman–Crippen LogP) is 2.37. The van der Waals surface area contributed by atoms with Crippen molar-refractivity contribution >= 4 is 11.9 Å². The van der Waals surface area contributed by atoms with E-state index in [1.807, 2.05) is 30.3 Å². The number of aromatic nitrogens is 1. The molecular formula is C18H20N2O4. The fourth-order valence-electron chi connectivity index (χ4n) is 3.02. The average Bonchev–Trinajstić information content (AvgIpc) is 2.84. The Morgan fingerprint density at radius 3 is 2.67 bits per heavy atom. The normalized spacial score (nSPS) is 15.2. The van der Waals surface area contributed by atoms with E-state index < -0.39 is 17.9 Å². The highest BCUT2D eigenvalue weighted by molar-refractivity contribution is 5.96. The minimum absolute atomic E-state index is 0.224. The van der Waals surface area contributed by atoms with Gasteiger partial charge in [0.1, 0.15) is 11.8 Å². The Kier molecular flexibility index (Phi) is 4.93. The second-order valence-electron chi connectivity index (χ2n) is 6.05. The number of hydrogen-bond acceptors (Lipinski definition) is 4. The lowest BCUT2D eigenvalue weighted by molar-refractivity contribution is -0.139. The van der Waals surface area contributed by atoms with Crippen molar-refractivity contribution in [2.24, 2.45) is 0 Å². The van der Waals surface area contributed by atoms with Crippen LogP contribution in [0.4, 0.5) is 0 Å². The number of carbonyl (C=O) groups excluding carboxylic acids is 1. The van der Waals surface area contributed by atoms with Crippen molar-refractivity contribution in [2.45, 2.75) is 44.6 Å². The van der Waals surface area contributed by atoms with Gasteiger partial charge in [-0.1, -0.05) is 41.9 Å². The van der Waals surface area contributed by atoms with Gasteiger partial charge >= 0.3 is 5.97 Å². The van der Waals surface area contributed by atoms with Gasteiger partial charge < -0.3 is 14.9 Å². The lowest BCUT2D eigenvalue weighted by Gasteiger charge is -2.14. The summed E-state index contributed by atoms with van der Waals surface area (Å²) >= 11 is 0. The number of fused-ring (bicyclic) bond motifs is 1. The van der Waals surface area contributed by atoms with Crippen LogP contribution in [0.15, 0.2) is 34.9 Å². The standard InChI is InChI=1S/C18H20N2O4/c21-17(16-13-9-5-2-6-10-15(13)24-20-16)19-14(18(22)23)11-12-7-3-1-4-8-12/h1,3-4,7-8,14H,2,5-6,9-11H2,(H,19,21)(H,22,23)/t14-/m1/s1. The molecule has 0 fully saturated rings. The molecule has 0 bridgehead atoms. The van der Waals surface area contributed by atoms with Gasteiger partial charge in [0.2, 0.25) is 0 Å². The van der Waals surface area contributed by atoms with Crippen LogP contribution in [0.1, 0.15) is 46.6 Å². The zero-order chi connectivity index (χ0) is 16.9. The van der Waals surface area contributed by atoms with Crippen LogP contribution in [-0.4, -0.2) is 28.2 Å². The van der Waals surface area contributed by atoms with Crippen molar-refractivity contribution in [2.75, 3.05) is 0 Å². The summed E-state index contributed by atoms with van der Waals surface area (Å²) in [6, 6.07) is 8.22. The third-order valence-electron chi connectivity index (χ3n) is 4.30. The number of aryl methyl sites for hydroxylation is 1. The number of nitrogens with one attached hydrogen (secondary N) is 1. The van der Waals surface area contributed by atoms with E-state index in [0.717, 1.165) is 49.0 Å². The molecule has 3 rings (SSSR count). The molecule has 1 aliphatic rings. The Morgan fingerprint density at radius 1 is 1.17 bits per heavy atom. The first-order chi connectivity index (χ1) is 11.6. The first-order valence-electron chi connectivity index (χ1n) is 8.20. The van der Waals surface area contributed by atoms with Gasteiger partial charge in [0, 0.05) is 18.4 Å². The molecule has 24 heavy (non-hydrogen) atoms. The summed E-state index contributed by atoms with van der Waals surface area (Å²) in [7, 11) is 0. The third kappa shape index (κ3) is 3.64. The fraction of sp³-hybridized carbons (Fsp3) is 0.389. The Labute approximate surface area is 139 Å². The van der Waals surface area contributed by atoms with Crippen molar-refractivity contribution in [3.8, 4) is 0 Å². The van der Waals surface area contributed by atoms with Crippen molar-refractivity contribution in [3.63, 3.8) is 0 Å². The molecule has 126 valence electrons. The zero-order valence-corrected chi connectivity index (χ0v) is 13.3. The van der Waals surface area contributed by atoms with E-state index >= 15 is 0 Å². The Morgan fingerprint density at radius 2 is 1.92 bits per heavy atom. The summed E-state index contributed by atoms with van der Waals surface area (Å²) in [4.78, 5) is 24.0. The number of hydrogen-bond donors (Lipinski definition) is 2. The number of rotatable bonds is 5. The zero-order valence-electron chi connectivity index (χ0n) is 13.3. The van der Waals surface area contributed by atoms with E-state index in [-0.39, 0.29) is 12.1 Å². The summed E-state index contributed by atoms with van der Waals surface area (Å²) in [6.07, 6.45) is 4.86. The van der Waals surface area contributed by atoms with E-state index in [1.54, 1.807) is 0 Å². The van der Waals surface area contributed by atoms with Crippen LogP contribution in [0.3, 0.4) is 0 Å². The lowest BCUT2D eigenvalue weighted by atomic mass is 10.0. The van der Waals surface area contributed by atoms with E-state index in [1.165, 1.54) is 0 Å². The number of benzene rings is 1. The maximum atomic E-state index is 12.5. The van der Waals surface area contributed by atoms with Crippen LogP contribution in [-0.2, 0) is 24.1 Å². The Hall–Kier alpha value is -2.63. The molecule has 1 atom stereocenters. The molecular weight excluding hydrogens is 308 g/mol. The van der Waals surface area contributed by atoms with E-state index in [2.05, 4.69) is 10.5 Å². The molecule has 1 aromatic carbocycles. The first kappa shape index (κ1) is 16.2. The van der Waals surface area contributed by atoms with Crippen LogP contribution in [0, 0.1) is 0 Å². The maximum absolute atomic E-state index is 12.5. The molecule has 0 radical (unpaired) electrons. The molecule has 1 amide bonds. The number of carboxylic acid groups (broad SMARTS) is 1. The van der Waals surface area contributed by atoms with Gasteiger partial charge in [0.25, 0.3) is 5.91 Å². The minimum Gasteiger partial charge on any atom is -0.480 e. The molecule has 1 aromatic heterocycles. The van der Waals surface area contributed by atoms with Gasteiger partial charge in [-0.3, -0.25) is 4.79 Å². The molecule has 2 aromatic rings. The van der Waals surface area contributed by atoms with E-state index in [4.69, 9.17) is 4.52 Å². The molecule has 6 heteroatoms. The molecule has 0 unspecified atom stereocenters. The molecule has 1 heterocycles. The Balaban J connectivity index is 1.74. The van der Waals surface area contributed by atoms with Crippen LogP contribution >= 0.6 is 0 Å². The first-order valence-corrected chi connectivity index (χ1v) is 8.20. The van der Waals surface area contributed by atoms with Gasteiger partial charge in [-0.2, -0.15) is 0 Å². The highest BCUT2D eigenvalue weighted by atomic mass is 16.5. The molecule has 2 N–H and O–H groups in total. The summed E-state index contributed by atoms with van der Waals surface area (Å²) < 4.78 is 5.29. The average molecular weight is 328 g/mol. The number of carboxylic acids is 1. The van der Waals surface area contributed by atoms with Gasteiger partial charge in [0.05, 0.1) is 0 Å². The monoisotopic (exact) mass is 328 g/mol. The van der Waals surface area contributed by atoms with Crippen molar-refractivity contribution in [3.05, 3.63) is 52.9 Å². The summed E-state index contributed by atoms with van der Waals surface area (Å²) in [5.41, 5.74) is 1.91. The second-order valence-corrected chi connectivity index (χ2v) is 6.05. The van der Waals surface area contributed by atoms with Crippen LogP contribution in [0.25, 0.3) is 0 Å². The summed E-state index contributed by atoms with van der Waals surface area (Å²) in [6.45, 7) is 0. The molecule has 0 saturated heterocycles. The quantitative estimate of drug-likeness (QED) is 0.822. The van der Waals surface area contributed by atoms with Crippen LogP contribution < -0.4 is 5.32 Å². The largest absolute Gasteiger partial charge is 0.480 e. The van der Waals surface area contributed by atoms with Crippen molar-refractivity contribution < 1.29 is 19.2 Å². The van der Waals surface area contributed by atoms with Crippen molar-refractivity contribution in [1.82, 2.24) is 10.5 Å². The SMILES string of the molecule is O=C(N[C@H](Cc1ccccc1)C(=O)O)c1noc2c1CCCCC2. The maximum Gasteiger partial charge on any atom is 0.326 e. The van der Waals surface area contributed by atoms with Crippen LogP contribution in [0.5, 0.6) is 0 Å². The summed E-state index contributed by atoms with van der Waals surface area (Å²) in [5.74, 6) is -0.792. The fourth-order valence-corrected chi connectivity index (χ4v) is 3.02. The van der Waals surface area contributed by atoms with Gasteiger partial charge in [-0.05, 0) is 24.8 Å². The van der Waals surface area contributed by atoms with Gasteiger partial charge in [-0.15, -0.1) is 0 Å². The van der Waals surface area contributed by atoms with Gasteiger partial charge in [-0.25, -0.2) is 4.79 Å². The molecule has 0 saturated carbocycles. The summed E-state index contributed by atoms with van der Waals surface area (Å²) in [5, 5.41) is 15.9. The molecule has 0 aliphatic heterocycles. The number of amides is 1. The molecule has 6 nitrogen and oxygen atoms in total. The highest BCUT2D eigenvalue weighted by Crippen LogP contribution is 2.23. The molecule has 0 spiro atoms. The smallest absolute Gasteiger partial charge is 0.326 e. The van der Waals surface area contributed by atoms with Crippen LogP contribution in [0.2, 0.25) is 0 Å². The highest BCUT2D eigenvalue weighted by Gasteiger charge is 2.27. The second kappa shape index (κ2) is 7.29. The lowest BCUT2D eigenvalue weighted by Crippen LogP contribution is -2.42. The number of aliphatic carboxylic acids is 1. The van der Waals surface area contributed by atoms with Gasteiger partial charge in [0.15, 0.2) is 5.69 Å². The van der Waals surface area contributed by atoms with E-state index in [0.29, 0.717) is 0 Å². The number of carbonyl (C=O) groups is 2. The Bertz CT molecular complexity index is 724. The number of nitrogens with zero attached hydrogens (tertiary/aromatic N) is 1.